The number of ether oxygens (including phenoxy) is 1. The highest BCUT2D eigenvalue weighted by Gasteiger charge is 2.58. The van der Waals surface area contributed by atoms with Crippen molar-refractivity contribution in [3.05, 3.63) is 75.5 Å². The average Bonchev–Trinajstić information content (AvgIpc) is 3.80. The van der Waals surface area contributed by atoms with E-state index in [4.69, 9.17) is 9.72 Å². The number of aromatic nitrogens is 4. The molecular weight excluding hydrogens is 691 g/mol. The molecule has 0 spiro atoms. The lowest BCUT2D eigenvalue weighted by atomic mass is 9.93. The molecule has 0 unspecified atom stereocenters. The van der Waals surface area contributed by atoms with Crippen LogP contribution in [0.5, 0.6) is 5.75 Å². The Hall–Kier alpha value is -4.35. The van der Waals surface area contributed by atoms with Crippen molar-refractivity contribution in [2.45, 2.75) is 58.7 Å². The smallest absolute Gasteiger partial charge is 0.305 e. The monoisotopic (exact) mass is 728 g/mol. The Bertz CT molecular complexity index is 2010. The number of nitro groups is 1. The van der Waals surface area contributed by atoms with E-state index in [1.54, 1.807) is 6.07 Å². The zero-order valence-electron chi connectivity index (χ0n) is 28.1. The van der Waals surface area contributed by atoms with E-state index in [-0.39, 0.29) is 33.4 Å². The molecule has 2 aromatic carbocycles. The van der Waals surface area contributed by atoms with Crippen LogP contribution in [0.1, 0.15) is 43.4 Å². The van der Waals surface area contributed by atoms with Gasteiger partial charge in [-0.2, -0.15) is 9.49 Å². The Morgan fingerprint density at radius 3 is 2.50 bits per heavy atom. The van der Waals surface area contributed by atoms with Gasteiger partial charge in [0.05, 0.1) is 21.8 Å². The molecule has 0 atom stereocenters. The van der Waals surface area contributed by atoms with E-state index in [1.165, 1.54) is 31.4 Å². The minimum absolute atomic E-state index is 0.0478. The van der Waals surface area contributed by atoms with Crippen molar-refractivity contribution in [1.29, 1.82) is 0 Å². The van der Waals surface area contributed by atoms with Crippen LogP contribution in [-0.4, -0.2) is 79.2 Å². The maximum absolute atomic E-state index is 15.8. The van der Waals surface area contributed by atoms with Gasteiger partial charge in [-0.15, -0.1) is 0 Å². The number of anilines is 3. The summed E-state index contributed by atoms with van der Waals surface area (Å²) in [7, 11) is 1.33. The van der Waals surface area contributed by atoms with Gasteiger partial charge < -0.3 is 19.9 Å². The molecule has 2 aliphatic rings. The van der Waals surface area contributed by atoms with Gasteiger partial charge in [0.25, 0.3) is 0 Å². The normalized spacial score (nSPS) is 16.1. The zero-order valence-corrected chi connectivity index (χ0v) is 29.7. The Morgan fingerprint density at radius 2 is 1.90 bits per heavy atom. The standard InChI is InChI=1S/C33H38F2N8O5S2/c1-20-18-27(40-39-20)36-30-29(48-4)31(42-16-11-21(12-17-42)10-15-41(2)3)38-32(37-30)49-26-9-8-22(19-24(26)34)50(46,47)33(13-14-33)23-6-5-7-25(28(23)35)43(44)45/h5-9,18-19,21H,10-17H2,1-4H3,(H2,36,37,38,39,40). The van der Waals surface area contributed by atoms with E-state index in [0.717, 1.165) is 68.5 Å². The summed E-state index contributed by atoms with van der Waals surface area (Å²) in [4.78, 5) is 23.9. The molecule has 2 fully saturated rings. The van der Waals surface area contributed by atoms with E-state index in [1.807, 2.05) is 6.92 Å². The predicted molar refractivity (Wildman–Crippen MR) is 185 cm³/mol. The molecule has 4 aromatic rings. The predicted octanol–water partition coefficient (Wildman–Crippen LogP) is 6.23. The average molecular weight is 729 g/mol. The number of nitro benzene ring substituents is 1. The van der Waals surface area contributed by atoms with Crippen LogP contribution in [-0.2, 0) is 14.6 Å². The van der Waals surface area contributed by atoms with Crippen molar-refractivity contribution in [3.63, 3.8) is 0 Å². The highest BCUT2D eigenvalue weighted by molar-refractivity contribution is 7.99. The maximum atomic E-state index is 15.8. The van der Waals surface area contributed by atoms with E-state index in [9.17, 15) is 18.5 Å². The molecule has 3 heterocycles. The summed E-state index contributed by atoms with van der Waals surface area (Å²) < 4.78 is 62.6. The van der Waals surface area contributed by atoms with Crippen molar-refractivity contribution in [2.75, 3.05) is 51.1 Å². The van der Waals surface area contributed by atoms with Crippen LogP contribution in [0.2, 0.25) is 0 Å². The second-order valence-electron chi connectivity index (χ2n) is 12.9. The lowest BCUT2D eigenvalue weighted by Gasteiger charge is -2.34. The van der Waals surface area contributed by atoms with Gasteiger partial charge in [0.15, 0.2) is 32.4 Å². The van der Waals surface area contributed by atoms with Crippen molar-refractivity contribution in [3.8, 4) is 5.75 Å². The third kappa shape index (κ3) is 6.98. The molecule has 0 bridgehead atoms. The first-order valence-corrected chi connectivity index (χ1v) is 18.4. The number of benzene rings is 2. The number of H-pyrrole nitrogens is 1. The van der Waals surface area contributed by atoms with Crippen molar-refractivity contribution < 1.29 is 26.9 Å². The molecule has 0 amide bonds. The fourth-order valence-electron chi connectivity index (χ4n) is 6.29. The van der Waals surface area contributed by atoms with Gasteiger partial charge in [-0.25, -0.2) is 22.8 Å². The van der Waals surface area contributed by atoms with Gasteiger partial charge in [0.2, 0.25) is 11.6 Å². The van der Waals surface area contributed by atoms with E-state index in [2.05, 4.69) is 44.4 Å². The molecule has 0 radical (unpaired) electrons. The number of aryl methyl sites for hydroxylation is 1. The second kappa shape index (κ2) is 14.1. The molecule has 17 heteroatoms. The fourth-order valence-corrected chi connectivity index (χ4v) is 9.10. The number of nitrogens with one attached hydrogen (secondary N) is 2. The minimum atomic E-state index is -4.33. The fraction of sp³-hybridized carbons (Fsp3) is 0.424. The molecule has 1 saturated carbocycles. The summed E-state index contributed by atoms with van der Waals surface area (Å²) in [6, 6.07) is 8.72. The molecule has 2 aromatic heterocycles. The maximum Gasteiger partial charge on any atom is 0.305 e. The number of aromatic amines is 1. The SMILES string of the molecule is COc1c(Nc2cc(C)[nH]n2)nc(Sc2ccc(S(=O)(=O)C3(c4cccc([N+](=O)[O-])c4F)CC3)cc2F)nc1N1CCC(CCN(C)C)CC1. The number of hydrogen-bond donors (Lipinski definition) is 2. The third-order valence-electron chi connectivity index (χ3n) is 9.18. The van der Waals surface area contributed by atoms with Crippen LogP contribution in [0.3, 0.4) is 0 Å². The zero-order chi connectivity index (χ0) is 35.8. The summed E-state index contributed by atoms with van der Waals surface area (Å²) in [6.45, 7) is 4.35. The lowest BCUT2D eigenvalue weighted by molar-refractivity contribution is -0.387. The van der Waals surface area contributed by atoms with Crippen LogP contribution in [0.25, 0.3) is 0 Å². The molecular formula is C33H38F2N8O5S2. The van der Waals surface area contributed by atoms with Crippen molar-refractivity contribution >= 4 is 44.7 Å². The molecule has 1 aliphatic heterocycles. The molecule has 13 nitrogen and oxygen atoms in total. The Balaban J connectivity index is 1.30. The number of piperidine rings is 1. The van der Waals surface area contributed by atoms with Gasteiger partial charge in [0.1, 0.15) is 10.6 Å². The second-order valence-corrected chi connectivity index (χ2v) is 16.2. The van der Waals surface area contributed by atoms with Gasteiger partial charge in [0, 0.05) is 36.5 Å². The van der Waals surface area contributed by atoms with Crippen LogP contribution < -0.4 is 15.0 Å². The van der Waals surface area contributed by atoms with Gasteiger partial charge in [-0.3, -0.25) is 15.2 Å². The first kappa shape index (κ1) is 35.5. The molecule has 6 rings (SSSR count). The quantitative estimate of drug-likeness (QED) is 0.0910. The number of methoxy groups -OCH3 is 1. The third-order valence-corrected chi connectivity index (χ3v) is 12.6. The van der Waals surface area contributed by atoms with Crippen LogP contribution in [0, 0.1) is 34.6 Å². The summed E-state index contributed by atoms with van der Waals surface area (Å²) in [6.07, 6.45) is 3.13. The summed E-state index contributed by atoms with van der Waals surface area (Å²) in [5, 5.41) is 21.8. The summed E-state index contributed by atoms with van der Waals surface area (Å²) in [5.41, 5.74) is -0.280. The topological polar surface area (TPSA) is 159 Å². The number of rotatable bonds is 13. The van der Waals surface area contributed by atoms with E-state index >= 15 is 8.78 Å². The van der Waals surface area contributed by atoms with Gasteiger partial charge in [-0.05, 0) is 95.5 Å². The Morgan fingerprint density at radius 1 is 1.16 bits per heavy atom. The highest BCUT2D eigenvalue weighted by atomic mass is 32.2. The Labute approximate surface area is 292 Å². The molecule has 2 N–H and O–H groups in total. The number of sulfone groups is 1. The first-order chi connectivity index (χ1) is 23.8. The molecule has 1 aliphatic carbocycles. The highest BCUT2D eigenvalue weighted by Crippen LogP contribution is 2.56. The molecule has 50 heavy (non-hydrogen) atoms. The Kier molecular flexibility index (Phi) is 10.0. The lowest BCUT2D eigenvalue weighted by Crippen LogP contribution is -2.35. The first-order valence-electron chi connectivity index (χ1n) is 16.1. The summed E-state index contributed by atoms with van der Waals surface area (Å²) in [5.74, 6) is 0.311. The summed E-state index contributed by atoms with van der Waals surface area (Å²) >= 11 is 0.917. The van der Waals surface area contributed by atoms with Crippen LogP contribution in [0.15, 0.2) is 57.4 Å². The number of nitrogens with zero attached hydrogens (tertiary/aromatic N) is 6. The number of halogens is 2. The van der Waals surface area contributed by atoms with Crippen molar-refractivity contribution in [1.82, 2.24) is 25.1 Å². The van der Waals surface area contributed by atoms with Gasteiger partial charge >= 0.3 is 5.69 Å². The van der Waals surface area contributed by atoms with Crippen molar-refractivity contribution in [2.24, 2.45) is 5.92 Å². The van der Waals surface area contributed by atoms with Gasteiger partial charge in [-0.1, -0.05) is 12.1 Å². The minimum Gasteiger partial charge on any atom is -0.490 e. The number of hydrogen-bond acceptors (Lipinski definition) is 12. The van der Waals surface area contributed by atoms with Crippen LogP contribution >= 0.6 is 11.8 Å². The molecule has 1 saturated heterocycles. The molecule has 266 valence electrons. The van der Waals surface area contributed by atoms with Crippen LogP contribution in [0.4, 0.5) is 31.9 Å². The van der Waals surface area contributed by atoms with E-state index < -0.39 is 36.8 Å². The van der Waals surface area contributed by atoms with E-state index in [0.29, 0.717) is 29.1 Å². The largest absolute Gasteiger partial charge is 0.490 e.